The second-order valence-corrected chi connectivity index (χ2v) is 9.38. The smallest absolute Gasteiger partial charge is 0.416 e. The van der Waals surface area contributed by atoms with Crippen LogP contribution in [0.1, 0.15) is 21.7 Å². The van der Waals surface area contributed by atoms with E-state index in [9.17, 15) is 18.0 Å². The molecule has 1 aromatic heterocycles. The van der Waals surface area contributed by atoms with Crippen LogP contribution in [0.15, 0.2) is 47.4 Å². The van der Waals surface area contributed by atoms with Crippen LogP contribution in [-0.2, 0) is 23.1 Å². The topological polar surface area (TPSA) is 53.4 Å². The molecule has 0 unspecified atom stereocenters. The zero-order valence-electron chi connectivity index (χ0n) is 16.6. The minimum Gasteiger partial charge on any atom is -0.480 e. The van der Waals surface area contributed by atoms with Crippen LogP contribution in [0.3, 0.4) is 0 Å². The molecule has 0 bridgehead atoms. The van der Waals surface area contributed by atoms with Gasteiger partial charge in [-0.1, -0.05) is 12.1 Å². The minimum atomic E-state index is -4.35. The maximum absolute atomic E-state index is 12.8. The summed E-state index contributed by atoms with van der Waals surface area (Å²) in [6, 6.07) is 11.2. The molecule has 2 heterocycles. The van der Waals surface area contributed by atoms with Gasteiger partial charge >= 0.3 is 12.1 Å². The Labute approximate surface area is 185 Å². The SMILES string of the molecule is Cc1nc(-c2ccc(C(F)(F)F)cc2)sc1CSc1ccc2c(c1)CCN2CC(=O)O. The molecule has 0 spiro atoms. The van der Waals surface area contributed by atoms with Gasteiger partial charge in [-0.25, -0.2) is 4.98 Å². The summed E-state index contributed by atoms with van der Waals surface area (Å²) in [7, 11) is 0. The molecule has 4 rings (SSSR count). The molecule has 0 saturated heterocycles. The van der Waals surface area contributed by atoms with Crippen LogP contribution >= 0.6 is 23.1 Å². The number of hydrogen-bond acceptors (Lipinski definition) is 5. The molecule has 1 aliphatic rings. The summed E-state index contributed by atoms with van der Waals surface area (Å²) in [4.78, 5) is 19.6. The highest BCUT2D eigenvalue weighted by Crippen LogP contribution is 2.37. The van der Waals surface area contributed by atoms with E-state index in [4.69, 9.17) is 5.11 Å². The van der Waals surface area contributed by atoms with Crippen LogP contribution in [0.25, 0.3) is 10.6 Å². The molecule has 0 fully saturated rings. The highest BCUT2D eigenvalue weighted by Gasteiger charge is 2.30. The van der Waals surface area contributed by atoms with E-state index in [1.54, 1.807) is 11.8 Å². The zero-order valence-corrected chi connectivity index (χ0v) is 18.2. The Bertz CT molecular complexity index is 1110. The maximum atomic E-state index is 12.8. The average molecular weight is 465 g/mol. The largest absolute Gasteiger partial charge is 0.480 e. The fourth-order valence-corrected chi connectivity index (χ4v) is 5.67. The van der Waals surface area contributed by atoms with Crippen molar-refractivity contribution in [1.29, 1.82) is 0 Å². The molecule has 1 aliphatic heterocycles. The third kappa shape index (κ3) is 4.88. The first kappa shape index (κ1) is 21.7. The van der Waals surface area contributed by atoms with Gasteiger partial charge in [0.2, 0.25) is 0 Å². The molecular weight excluding hydrogens is 445 g/mol. The number of thioether (sulfide) groups is 1. The van der Waals surface area contributed by atoms with Crippen LogP contribution < -0.4 is 4.90 Å². The van der Waals surface area contributed by atoms with Crippen LogP contribution in [-0.4, -0.2) is 29.1 Å². The van der Waals surface area contributed by atoms with Gasteiger partial charge in [-0.2, -0.15) is 13.2 Å². The fraction of sp³-hybridized carbons (Fsp3) is 0.273. The lowest BCUT2D eigenvalue weighted by Crippen LogP contribution is -2.27. The Hall–Kier alpha value is -2.52. The predicted molar refractivity (Wildman–Crippen MR) is 117 cm³/mol. The summed E-state index contributed by atoms with van der Waals surface area (Å²) < 4.78 is 38.3. The molecule has 0 amide bonds. The van der Waals surface area contributed by atoms with E-state index in [1.165, 1.54) is 23.5 Å². The molecule has 2 aromatic carbocycles. The second kappa shape index (κ2) is 8.55. The van der Waals surface area contributed by atoms with Crippen LogP contribution in [0.5, 0.6) is 0 Å². The highest BCUT2D eigenvalue weighted by atomic mass is 32.2. The third-order valence-electron chi connectivity index (χ3n) is 5.09. The van der Waals surface area contributed by atoms with Crippen LogP contribution in [0.4, 0.5) is 18.9 Å². The van der Waals surface area contributed by atoms with Crippen molar-refractivity contribution in [2.24, 2.45) is 0 Å². The van der Waals surface area contributed by atoms with Gasteiger partial charge in [0.05, 0.1) is 11.3 Å². The number of carboxylic acids is 1. The minimum absolute atomic E-state index is 0.00623. The summed E-state index contributed by atoms with van der Waals surface area (Å²) >= 11 is 3.16. The Morgan fingerprint density at radius 3 is 2.65 bits per heavy atom. The van der Waals surface area contributed by atoms with Crippen molar-refractivity contribution in [3.8, 4) is 10.6 Å². The Balaban J connectivity index is 1.44. The van der Waals surface area contributed by atoms with E-state index in [0.717, 1.165) is 45.3 Å². The molecule has 1 N–H and O–H groups in total. The number of thiazole rings is 1. The Morgan fingerprint density at radius 2 is 1.97 bits per heavy atom. The summed E-state index contributed by atoms with van der Waals surface area (Å²) in [6.07, 6.45) is -3.52. The van der Waals surface area contributed by atoms with E-state index in [0.29, 0.717) is 22.9 Å². The van der Waals surface area contributed by atoms with Gasteiger partial charge in [0.25, 0.3) is 0 Å². The first-order chi connectivity index (χ1) is 14.7. The number of rotatable bonds is 6. The van der Waals surface area contributed by atoms with E-state index in [-0.39, 0.29) is 6.54 Å². The molecule has 0 saturated carbocycles. The van der Waals surface area contributed by atoms with Gasteiger partial charge in [0.15, 0.2) is 0 Å². The van der Waals surface area contributed by atoms with Crippen molar-refractivity contribution >= 4 is 34.8 Å². The molecule has 9 heteroatoms. The van der Waals surface area contributed by atoms with Crippen molar-refractivity contribution in [2.45, 2.75) is 30.2 Å². The van der Waals surface area contributed by atoms with Gasteiger partial charge in [0.1, 0.15) is 11.6 Å². The average Bonchev–Trinajstić information content (AvgIpc) is 3.28. The Kier molecular flexibility index (Phi) is 5.98. The van der Waals surface area contributed by atoms with Gasteiger partial charge in [-0.15, -0.1) is 23.1 Å². The quantitative estimate of drug-likeness (QED) is 0.462. The number of anilines is 1. The molecule has 0 radical (unpaired) electrons. The number of hydrogen-bond donors (Lipinski definition) is 1. The number of carboxylic acid groups (broad SMARTS) is 1. The van der Waals surface area contributed by atoms with Gasteiger partial charge in [-0.05, 0) is 49.2 Å². The number of alkyl halides is 3. The fourth-order valence-electron chi connectivity index (χ4n) is 3.50. The van der Waals surface area contributed by atoms with E-state index in [1.807, 2.05) is 24.0 Å². The number of aryl methyl sites for hydroxylation is 1. The van der Waals surface area contributed by atoms with Gasteiger partial charge < -0.3 is 10.0 Å². The number of nitrogens with zero attached hydrogens (tertiary/aromatic N) is 2. The second-order valence-electron chi connectivity index (χ2n) is 7.25. The van der Waals surface area contributed by atoms with Crippen LogP contribution in [0.2, 0.25) is 0 Å². The number of carbonyl (C=O) groups is 1. The molecule has 162 valence electrons. The summed E-state index contributed by atoms with van der Waals surface area (Å²) in [5, 5.41) is 9.73. The Morgan fingerprint density at radius 1 is 1.23 bits per heavy atom. The summed E-state index contributed by atoms with van der Waals surface area (Å²) in [6.45, 7) is 2.62. The first-order valence-corrected chi connectivity index (χ1v) is 11.4. The summed E-state index contributed by atoms with van der Waals surface area (Å²) in [5.41, 5.74) is 3.01. The number of aliphatic carboxylic acids is 1. The van der Waals surface area contributed by atoms with Crippen molar-refractivity contribution < 1.29 is 23.1 Å². The standard InChI is InChI=1S/C22H19F3N2O2S2/c1-13-19(31-21(26-13)14-2-4-16(5-3-14)22(23,24)25)12-30-17-6-7-18-15(10-17)8-9-27(18)11-20(28)29/h2-7,10H,8-9,11-12H2,1H3,(H,28,29). The number of halogens is 3. The van der Waals surface area contributed by atoms with Crippen molar-refractivity contribution in [3.05, 3.63) is 64.2 Å². The van der Waals surface area contributed by atoms with Crippen LogP contribution in [0, 0.1) is 6.92 Å². The number of fused-ring (bicyclic) bond motifs is 1. The molecule has 4 nitrogen and oxygen atoms in total. The van der Waals surface area contributed by atoms with Crippen molar-refractivity contribution in [2.75, 3.05) is 18.0 Å². The summed E-state index contributed by atoms with van der Waals surface area (Å²) in [5.74, 6) is -0.127. The van der Waals surface area contributed by atoms with Gasteiger partial charge in [0, 0.05) is 33.3 Å². The van der Waals surface area contributed by atoms with Crippen molar-refractivity contribution in [3.63, 3.8) is 0 Å². The molecule has 3 aromatic rings. The van der Waals surface area contributed by atoms with E-state index < -0.39 is 17.7 Å². The van der Waals surface area contributed by atoms with Gasteiger partial charge in [-0.3, -0.25) is 4.79 Å². The normalized spacial score (nSPS) is 13.5. The number of benzene rings is 2. The zero-order chi connectivity index (χ0) is 22.2. The lowest BCUT2D eigenvalue weighted by atomic mass is 10.1. The first-order valence-electron chi connectivity index (χ1n) is 9.57. The number of aromatic nitrogens is 1. The molecule has 31 heavy (non-hydrogen) atoms. The van der Waals surface area contributed by atoms with E-state index >= 15 is 0 Å². The lowest BCUT2D eigenvalue weighted by Gasteiger charge is -2.16. The molecule has 0 atom stereocenters. The van der Waals surface area contributed by atoms with E-state index in [2.05, 4.69) is 11.1 Å². The molecule has 0 aliphatic carbocycles. The lowest BCUT2D eigenvalue weighted by molar-refractivity contribution is -0.137. The van der Waals surface area contributed by atoms with Crippen molar-refractivity contribution in [1.82, 2.24) is 4.98 Å². The predicted octanol–water partition coefficient (Wildman–Crippen LogP) is 5.88. The third-order valence-corrected chi connectivity index (χ3v) is 7.50. The highest BCUT2D eigenvalue weighted by molar-refractivity contribution is 7.98. The monoisotopic (exact) mass is 464 g/mol. The maximum Gasteiger partial charge on any atom is 0.416 e. The molecular formula is C22H19F3N2O2S2.